The van der Waals surface area contributed by atoms with Crippen LogP contribution < -0.4 is 4.72 Å². The van der Waals surface area contributed by atoms with Crippen molar-refractivity contribution in [1.82, 2.24) is 0 Å². The number of carbonyl (C=O) groups is 1. The first kappa shape index (κ1) is 15.6. The average Bonchev–Trinajstić information content (AvgIpc) is 2.33. The summed E-state index contributed by atoms with van der Waals surface area (Å²) in [5, 5.41) is 8.69. The van der Waals surface area contributed by atoms with E-state index in [-0.39, 0.29) is 5.69 Å². The minimum atomic E-state index is -1.70. The lowest BCUT2D eigenvalue weighted by Crippen LogP contribution is -2.13. The summed E-state index contributed by atoms with van der Waals surface area (Å²) in [6.45, 7) is 2.00. The number of halogens is 2. The molecular formula is C12H15F2NO3S. The molecule has 4 nitrogen and oxygen atoms in total. The van der Waals surface area contributed by atoms with Crippen LogP contribution in [0.15, 0.2) is 12.1 Å². The molecule has 19 heavy (non-hydrogen) atoms. The van der Waals surface area contributed by atoms with Crippen LogP contribution in [-0.2, 0) is 11.0 Å². The Morgan fingerprint density at radius 2 is 2.05 bits per heavy atom. The van der Waals surface area contributed by atoms with Crippen molar-refractivity contribution in [3.8, 4) is 0 Å². The van der Waals surface area contributed by atoms with E-state index in [1.807, 2.05) is 6.92 Å². The van der Waals surface area contributed by atoms with Crippen LogP contribution in [-0.4, -0.2) is 21.0 Å². The minimum Gasteiger partial charge on any atom is -0.477 e. The molecule has 0 aliphatic carbocycles. The molecule has 1 rings (SSSR count). The summed E-state index contributed by atoms with van der Waals surface area (Å²) in [6, 6.07) is 1.87. The third-order valence-corrected chi connectivity index (χ3v) is 3.57. The second-order valence-electron chi connectivity index (χ2n) is 3.95. The zero-order valence-electron chi connectivity index (χ0n) is 10.4. The number of nitrogens with one attached hydrogen (secondary N) is 1. The maximum Gasteiger partial charge on any atom is 0.341 e. The Balaban J connectivity index is 2.82. The molecule has 0 radical (unpaired) electrons. The van der Waals surface area contributed by atoms with Gasteiger partial charge >= 0.3 is 5.97 Å². The molecular weight excluding hydrogens is 276 g/mol. The maximum atomic E-state index is 13.7. The highest BCUT2D eigenvalue weighted by Crippen LogP contribution is 2.21. The fraction of sp³-hybridized carbons (Fsp3) is 0.417. The Morgan fingerprint density at radius 3 is 2.63 bits per heavy atom. The van der Waals surface area contributed by atoms with Crippen LogP contribution in [0.5, 0.6) is 0 Å². The van der Waals surface area contributed by atoms with E-state index >= 15 is 0 Å². The number of aromatic carboxylic acids is 1. The summed E-state index contributed by atoms with van der Waals surface area (Å²) >= 11 is 0. The van der Waals surface area contributed by atoms with Gasteiger partial charge in [-0.2, -0.15) is 0 Å². The molecule has 1 aromatic rings. The molecule has 0 saturated carbocycles. The smallest absolute Gasteiger partial charge is 0.341 e. The van der Waals surface area contributed by atoms with E-state index in [2.05, 4.69) is 4.72 Å². The molecule has 1 aromatic carbocycles. The van der Waals surface area contributed by atoms with Crippen molar-refractivity contribution in [3.63, 3.8) is 0 Å². The van der Waals surface area contributed by atoms with Crippen LogP contribution in [0.3, 0.4) is 0 Å². The lowest BCUT2D eigenvalue weighted by molar-refractivity contribution is 0.0686. The monoisotopic (exact) mass is 291 g/mol. The van der Waals surface area contributed by atoms with E-state index in [1.54, 1.807) is 0 Å². The largest absolute Gasteiger partial charge is 0.477 e. The van der Waals surface area contributed by atoms with Crippen LogP contribution in [0.25, 0.3) is 0 Å². The van der Waals surface area contributed by atoms with Crippen molar-refractivity contribution in [1.29, 1.82) is 0 Å². The van der Waals surface area contributed by atoms with E-state index in [0.717, 1.165) is 25.0 Å². The highest BCUT2D eigenvalue weighted by molar-refractivity contribution is 7.86. The fourth-order valence-electron chi connectivity index (χ4n) is 1.48. The average molecular weight is 291 g/mol. The highest BCUT2D eigenvalue weighted by atomic mass is 32.2. The van der Waals surface area contributed by atoms with E-state index in [4.69, 9.17) is 5.11 Å². The van der Waals surface area contributed by atoms with Gasteiger partial charge in [-0.3, -0.25) is 0 Å². The third kappa shape index (κ3) is 4.27. The molecule has 1 atom stereocenters. The fourth-order valence-corrected chi connectivity index (χ4v) is 2.46. The quantitative estimate of drug-likeness (QED) is 0.759. The Kier molecular flexibility index (Phi) is 5.88. The Bertz CT molecular complexity index is 494. The minimum absolute atomic E-state index is 0.270. The topological polar surface area (TPSA) is 66.4 Å². The van der Waals surface area contributed by atoms with Gasteiger partial charge in [-0.25, -0.2) is 17.8 Å². The zero-order valence-corrected chi connectivity index (χ0v) is 11.2. The number of benzene rings is 1. The van der Waals surface area contributed by atoms with E-state index in [9.17, 15) is 17.8 Å². The van der Waals surface area contributed by atoms with Gasteiger partial charge in [0.05, 0.1) is 5.69 Å². The third-order valence-electron chi connectivity index (χ3n) is 2.46. The summed E-state index contributed by atoms with van der Waals surface area (Å²) < 4.78 is 40.8. The standard InChI is InChI=1S/C12H15F2NO3S/c1-2-3-4-7-19(18)15-9-6-5-8(13)10(11(9)14)12(16)17/h5-6,15H,2-4,7H2,1H3,(H,16,17). The highest BCUT2D eigenvalue weighted by Gasteiger charge is 2.20. The SMILES string of the molecule is CCCCCS(=O)Nc1ccc(F)c(C(=O)O)c1F. The van der Waals surface area contributed by atoms with Crippen LogP contribution in [0.2, 0.25) is 0 Å². The van der Waals surface area contributed by atoms with Crippen molar-refractivity contribution >= 4 is 22.6 Å². The zero-order chi connectivity index (χ0) is 14.4. The van der Waals surface area contributed by atoms with Crippen molar-refractivity contribution < 1.29 is 22.9 Å². The van der Waals surface area contributed by atoms with Gasteiger partial charge in [0.2, 0.25) is 0 Å². The second-order valence-corrected chi connectivity index (χ2v) is 5.25. The van der Waals surface area contributed by atoms with Crippen molar-refractivity contribution in [2.24, 2.45) is 0 Å². The van der Waals surface area contributed by atoms with Gasteiger partial charge in [0.25, 0.3) is 0 Å². The molecule has 106 valence electrons. The molecule has 0 amide bonds. The van der Waals surface area contributed by atoms with Gasteiger partial charge in [-0.1, -0.05) is 19.8 Å². The summed E-state index contributed by atoms with van der Waals surface area (Å²) in [4.78, 5) is 10.7. The normalized spacial score (nSPS) is 12.2. The van der Waals surface area contributed by atoms with Gasteiger partial charge in [0, 0.05) is 5.75 Å². The molecule has 0 aliphatic heterocycles. The molecule has 0 spiro atoms. The van der Waals surface area contributed by atoms with Crippen molar-refractivity contribution in [2.75, 3.05) is 10.5 Å². The molecule has 2 N–H and O–H groups in total. The summed E-state index contributed by atoms with van der Waals surface area (Å²) in [5.74, 6) is -3.77. The molecule has 0 saturated heterocycles. The summed E-state index contributed by atoms with van der Waals surface area (Å²) in [6.07, 6.45) is 2.58. The van der Waals surface area contributed by atoms with Crippen LogP contribution in [0.4, 0.5) is 14.5 Å². The molecule has 0 aromatic heterocycles. The number of hydrogen-bond donors (Lipinski definition) is 2. The van der Waals surface area contributed by atoms with Crippen molar-refractivity contribution in [3.05, 3.63) is 29.3 Å². The maximum absolute atomic E-state index is 13.7. The predicted octanol–water partition coefficient (Wildman–Crippen LogP) is 2.93. The molecule has 0 bridgehead atoms. The Morgan fingerprint density at radius 1 is 1.37 bits per heavy atom. The van der Waals surface area contributed by atoms with Crippen LogP contribution in [0.1, 0.15) is 36.5 Å². The molecule has 7 heteroatoms. The van der Waals surface area contributed by atoms with Gasteiger partial charge < -0.3 is 9.83 Å². The van der Waals surface area contributed by atoms with Crippen LogP contribution in [0, 0.1) is 11.6 Å². The first-order valence-corrected chi connectivity index (χ1v) is 7.15. The van der Waals surface area contributed by atoms with Gasteiger partial charge in [0.1, 0.15) is 22.4 Å². The number of carboxylic acids is 1. The molecule has 0 fully saturated rings. The Hall–Kier alpha value is -1.50. The lowest BCUT2D eigenvalue weighted by atomic mass is 10.2. The van der Waals surface area contributed by atoms with E-state index in [0.29, 0.717) is 12.2 Å². The first-order chi connectivity index (χ1) is 8.97. The van der Waals surface area contributed by atoms with Crippen molar-refractivity contribution in [2.45, 2.75) is 26.2 Å². The van der Waals surface area contributed by atoms with E-state index in [1.165, 1.54) is 0 Å². The first-order valence-electron chi connectivity index (χ1n) is 5.83. The van der Waals surface area contributed by atoms with Gasteiger partial charge in [-0.15, -0.1) is 0 Å². The summed E-state index contributed by atoms with van der Waals surface area (Å²) in [7, 11) is -1.52. The number of unbranched alkanes of at least 4 members (excludes halogenated alkanes) is 2. The second kappa shape index (κ2) is 7.18. The Labute approximate surface area is 112 Å². The van der Waals surface area contributed by atoms with Crippen LogP contribution >= 0.6 is 0 Å². The van der Waals surface area contributed by atoms with E-state index < -0.39 is 34.2 Å². The summed E-state index contributed by atoms with van der Waals surface area (Å²) in [5.41, 5.74) is -1.32. The number of carboxylic acid groups (broad SMARTS) is 1. The van der Waals surface area contributed by atoms with Gasteiger partial charge in [0.15, 0.2) is 5.82 Å². The molecule has 0 aliphatic rings. The number of anilines is 1. The molecule has 1 unspecified atom stereocenters. The molecule has 0 heterocycles. The lowest BCUT2D eigenvalue weighted by Gasteiger charge is -2.09. The number of rotatable bonds is 7. The predicted molar refractivity (Wildman–Crippen MR) is 69.5 cm³/mol. The van der Waals surface area contributed by atoms with Gasteiger partial charge in [-0.05, 0) is 18.6 Å². The number of hydrogen-bond acceptors (Lipinski definition) is 2.